The zero-order chi connectivity index (χ0) is 13.3. The Morgan fingerprint density at radius 2 is 2.32 bits per heavy atom. The summed E-state index contributed by atoms with van der Waals surface area (Å²) in [5.74, 6) is 0.570. The molecule has 1 aromatic heterocycles. The molecule has 1 spiro atoms. The molecular formula is C13H20N2O3S. The van der Waals surface area contributed by atoms with Gasteiger partial charge in [0, 0.05) is 25.6 Å². The molecule has 1 unspecified atom stereocenters. The quantitative estimate of drug-likeness (QED) is 0.853. The van der Waals surface area contributed by atoms with Crippen molar-refractivity contribution < 1.29 is 14.6 Å². The molecule has 2 heterocycles. The van der Waals surface area contributed by atoms with Crippen LogP contribution in [-0.2, 0) is 23.1 Å². The third-order valence-corrected chi connectivity index (χ3v) is 5.06. The number of thioether (sulfide) groups is 1. The van der Waals surface area contributed by atoms with Crippen LogP contribution < -0.4 is 0 Å². The van der Waals surface area contributed by atoms with Crippen molar-refractivity contribution in [3.63, 3.8) is 0 Å². The highest BCUT2D eigenvalue weighted by molar-refractivity contribution is 7.99. The van der Waals surface area contributed by atoms with Gasteiger partial charge < -0.3 is 19.1 Å². The van der Waals surface area contributed by atoms with Crippen LogP contribution in [-0.4, -0.2) is 38.9 Å². The maximum atomic E-state index is 9.14. The number of hydrogen-bond donors (Lipinski definition) is 1. The van der Waals surface area contributed by atoms with Crippen LogP contribution in [0.25, 0.3) is 0 Å². The Bertz CT molecular complexity index is 443. The van der Waals surface area contributed by atoms with E-state index in [4.69, 9.17) is 14.6 Å². The van der Waals surface area contributed by atoms with Gasteiger partial charge in [-0.25, -0.2) is 4.98 Å². The lowest BCUT2D eigenvalue weighted by atomic mass is 10.2. The fourth-order valence-corrected chi connectivity index (χ4v) is 3.69. The van der Waals surface area contributed by atoms with E-state index in [1.54, 1.807) is 18.0 Å². The Kier molecular flexibility index (Phi) is 3.84. The van der Waals surface area contributed by atoms with Gasteiger partial charge >= 0.3 is 0 Å². The number of imidazole rings is 1. The minimum atomic E-state index is -0.275. The van der Waals surface area contributed by atoms with Gasteiger partial charge in [0.1, 0.15) is 0 Å². The Morgan fingerprint density at radius 3 is 3.00 bits per heavy atom. The van der Waals surface area contributed by atoms with E-state index in [1.807, 2.05) is 11.6 Å². The Morgan fingerprint density at radius 1 is 1.53 bits per heavy atom. The maximum absolute atomic E-state index is 9.14. The number of ether oxygens (including phenoxy) is 2. The zero-order valence-corrected chi connectivity index (χ0v) is 12.0. The number of aliphatic hydroxyl groups is 1. The van der Waals surface area contributed by atoms with Crippen molar-refractivity contribution in [2.45, 2.75) is 49.3 Å². The van der Waals surface area contributed by atoms with E-state index in [0.717, 1.165) is 29.4 Å². The molecule has 5 nitrogen and oxygen atoms in total. The topological polar surface area (TPSA) is 56.5 Å². The smallest absolute Gasteiger partial charge is 0.168 e. The summed E-state index contributed by atoms with van der Waals surface area (Å²) in [5.41, 5.74) is 0.832. The average Bonchev–Trinajstić information content (AvgIpc) is 3.11. The second kappa shape index (κ2) is 5.44. The number of hydrogen-bond acceptors (Lipinski definition) is 5. The molecule has 0 radical (unpaired) electrons. The minimum Gasteiger partial charge on any atom is -0.390 e. The summed E-state index contributed by atoms with van der Waals surface area (Å²) in [7, 11) is 1.92. The molecular weight excluding hydrogens is 264 g/mol. The van der Waals surface area contributed by atoms with Crippen molar-refractivity contribution in [3.05, 3.63) is 11.9 Å². The third-order valence-electron chi connectivity index (χ3n) is 3.88. The zero-order valence-electron chi connectivity index (χ0n) is 11.2. The molecule has 19 heavy (non-hydrogen) atoms. The number of rotatable bonds is 4. The van der Waals surface area contributed by atoms with Crippen LogP contribution in [0.4, 0.5) is 0 Å². The van der Waals surface area contributed by atoms with E-state index in [0.29, 0.717) is 6.61 Å². The summed E-state index contributed by atoms with van der Waals surface area (Å²) in [5, 5.41) is 10.1. The number of aliphatic hydroxyl groups excluding tert-OH is 1. The maximum Gasteiger partial charge on any atom is 0.168 e. The summed E-state index contributed by atoms with van der Waals surface area (Å²) < 4.78 is 13.9. The van der Waals surface area contributed by atoms with E-state index in [1.165, 1.54) is 12.8 Å². The average molecular weight is 284 g/mol. The van der Waals surface area contributed by atoms with Crippen LogP contribution in [0.5, 0.6) is 0 Å². The SMILES string of the molecule is Cn1c(CO)cnc1SCC1COC2(CCCC2)O1. The van der Waals surface area contributed by atoms with Crippen molar-refractivity contribution in [1.82, 2.24) is 9.55 Å². The van der Waals surface area contributed by atoms with Crippen molar-refractivity contribution in [2.24, 2.45) is 7.05 Å². The van der Waals surface area contributed by atoms with Gasteiger partial charge in [0.25, 0.3) is 0 Å². The Hall–Kier alpha value is -0.560. The summed E-state index contributed by atoms with van der Waals surface area (Å²) in [6.07, 6.45) is 6.35. The van der Waals surface area contributed by atoms with Gasteiger partial charge in [0.05, 0.1) is 31.2 Å². The van der Waals surface area contributed by atoms with Gasteiger partial charge in [-0.3, -0.25) is 0 Å². The Labute approximate surface area is 117 Å². The summed E-state index contributed by atoms with van der Waals surface area (Å²) in [4.78, 5) is 4.31. The van der Waals surface area contributed by atoms with Crippen LogP contribution in [0.15, 0.2) is 11.4 Å². The van der Waals surface area contributed by atoms with E-state index in [2.05, 4.69) is 4.98 Å². The first-order valence-corrected chi connectivity index (χ1v) is 7.77. The predicted molar refractivity (Wildman–Crippen MR) is 71.9 cm³/mol. The molecule has 6 heteroatoms. The minimum absolute atomic E-state index is 0.0240. The molecule has 1 atom stereocenters. The van der Waals surface area contributed by atoms with Gasteiger partial charge in [-0.1, -0.05) is 11.8 Å². The molecule has 2 aliphatic rings. The standard InChI is InChI=1S/C13H20N2O3S/c1-15-10(7-16)6-14-12(15)19-9-11-8-17-13(18-11)4-2-3-5-13/h6,11,16H,2-5,7-9H2,1H3. The van der Waals surface area contributed by atoms with Gasteiger partial charge in [-0.05, 0) is 12.8 Å². The van der Waals surface area contributed by atoms with Crippen LogP contribution in [0.3, 0.4) is 0 Å². The predicted octanol–water partition coefficient (Wildman–Crippen LogP) is 1.69. The third kappa shape index (κ3) is 2.67. The van der Waals surface area contributed by atoms with Crippen LogP contribution in [0.1, 0.15) is 31.4 Å². The van der Waals surface area contributed by atoms with Crippen molar-refractivity contribution in [3.8, 4) is 0 Å². The summed E-state index contributed by atoms with van der Waals surface area (Å²) in [6, 6.07) is 0. The van der Waals surface area contributed by atoms with Gasteiger partial charge in [0.15, 0.2) is 10.9 Å². The fourth-order valence-electron chi connectivity index (χ4n) is 2.75. The highest BCUT2D eigenvalue weighted by Crippen LogP contribution is 2.40. The molecule has 0 amide bonds. The molecule has 1 saturated heterocycles. The van der Waals surface area contributed by atoms with Crippen LogP contribution >= 0.6 is 11.8 Å². The lowest BCUT2D eigenvalue weighted by molar-refractivity contribution is -0.159. The second-order valence-electron chi connectivity index (χ2n) is 5.23. The monoisotopic (exact) mass is 284 g/mol. The fraction of sp³-hybridized carbons (Fsp3) is 0.769. The van der Waals surface area contributed by atoms with E-state index in [9.17, 15) is 0 Å². The lowest BCUT2D eigenvalue weighted by Gasteiger charge is -2.21. The molecule has 1 N–H and O–H groups in total. The largest absolute Gasteiger partial charge is 0.390 e. The van der Waals surface area contributed by atoms with E-state index < -0.39 is 0 Å². The van der Waals surface area contributed by atoms with Gasteiger partial charge in [-0.2, -0.15) is 0 Å². The van der Waals surface area contributed by atoms with Crippen LogP contribution in [0.2, 0.25) is 0 Å². The molecule has 1 aliphatic carbocycles. The highest BCUT2D eigenvalue weighted by atomic mass is 32.2. The normalized spacial score (nSPS) is 25.5. The first-order chi connectivity index (χ1) is 9.22. The van der Waals surface area contributed by atoms with E-state index >= 15 is 0 Å². The molecule has 1 aliphatic heterocycles. The number of aromatic nitrogens is 2. The number of nitrogens with zero attached hydrogens (tertiary/aromatic N) is 2. The van der Waals surface area contributed by atoms with Crippen molar-refractivity contribution in [2.75, 3.05) is 12.4 Å². The van der Waals surface area contributed by atoms with Crippen molar-refractivity contribution >= 4 is 11.8 Å². The first-order valence-electron chi connectivity index (χ1n) is 6.78. The van der Waals surface area contributed by atoms with Gasteiger partial charge in [-0.15, -0.1) is 0 Å². The van der Waals surface area contributed by atoms with Gasteiger partial charge in [0.2, 0.25) is 0 Å². The molecule has 106 valence electrons. The molecule has 0 bridgehead atoms. The molecule has 0 aromatic carbocycles. The lowest BCUT2D eigenvalue weighted by Crippen LogP contribution is -2.27. The molecule has 1 saturated carbocycles. The summed E-state index contributed by atoms with van der Waals surface area (Å²) in [6.45, 7) is 0.709. The summed E-state index contributed by atoms with van der Waals surface area (Å²) >= 11 is 1.66. The molecule has 3 rings (SSSR count). The highest BCUT2D eigenvalue weighted by Gasteiger charge is 2.43. The first kappa shape index (κ1) is 13.4. The van der Waals surface area contributed by atoms with E-state index in [-0.39, 0.29) is 18.5 Å². The molecule has 2 fully saturated rings. The second-order valence-corrected chi connectivity index (χ2v) is 6.22. The van der Waals surface area contributed by atoms with Crippen LogP contribution in [0, 0.1) is 0 Å². The van der Waals surface area contributed by atoms with Crippen molar-refractivity contribution in [1.29, 1.82) is 0 Å². The Balaban J connectivity index is 1.54. The molecule has 1 aromatic rings.